The molecule has 1 N–H and O–H groups in total. The van der Waals surface area contributed by atoms with Gasteiger partial charge in [-0.3, -0.25) is 14.5 Å². The van der Waals surface area contributed by atoms with Gasteiger partial charge in [-0.2, -0.15) is 0 Å². The van der Waals surface area contributed by atoms with E-state index in [1.54, 1.807) is 18.0 Å². The van der Waals surface area contributed by atoms with Gasteiger partial charge in [-0.25, -0.2) is 0 Å². The van der Waals surface area contributed by atoms with Gasteiger partial charge in [0.1, 0.15) is 17.2 Å². The van der Waals surface area contributed by atoms with Crippen molar-refractivity contribution < 1.29 is 18.7 Å². The third kappa shape index (κ3) is 2.69. The second-order valence-electron chi connectivity index (χ2n) is 6.85. The van der Waals surface area contributed by atoms with Crippen LogP contribution < -0.4 is 5.32 Å². The Morgan fingerprint density at radius 1 is 1.24 bits per heavy atom. The highest BCUT2D eigenvalue weighted by molar-refractivity contribution is 5.96. The molecular formula is C18H21N3O4. The number of benzene rings is 1. The van der Waals surface area contributed by atoms with E-state index in [9.17, 15) is 9.59 Å². The number of fused-ring (bicyclic) bond motifs is 1. The molecule has 1 atom stereocenters. The molecule has 132 valence electrons. The molecule has 0 bridgehead atoms. The molecule has 4 rings (SSSR count). The Morgan fingerprint density at radius 3 is 2.68 bits per heavy atom. The zero-order valence-electron chi connectivity index (χ0n) is 14.3. The first-order chi connectivity index (χ1) is 12.0. The molecule has 2 amide bonds. The normalized spacial score (nSPS) is 22.8. The Balaban J connectivity index is 1.41. The summed E-state index contributed by atoms with van der Waals surface area (Å²) in [4.78, 5) is 28.2. The lowest BCUT2D eigenvalue weighted by Gasteiger charge is -2.54. The predicted molar refractivity (Wildman–Crippen MR) is 91.3 cm³/mol. The second-order valence-corrected chi connectivity index (χ2v) is 6.85. The van der Waals surface area contributed by atoms with E-state index in [0.29, 0.717) is 37.6 Å². The fourth-order valence-corrected chi connectivity index (χ4v) is 3.66. The summed E-state index contributed by atoms with van der Waals surface area (Å²) in [6.45, 7) is 1.97. The van der Waals surface area contributed by atoms with Crippen molar-refractivity contribution in [2.24, 2.45) is 0 Å². The number of nitrogens with zero attached hydrogens (tertiary/aromatic N) is 2. The van der Waals surface area contributed by atoms with E-state index in [4.69, 9.17) is 9.15 Å². The lowest BCUT2D eigenvalue weighted by molar-refractivity contribution is -0.187. The molecule has 7 heteroatoms. The van der Waals surface area contributed by atoms with Crippen LogP contribution >= 0.6 is 0 Å². The van der Waals surface area contributed by atoms with Crippen molar-refractivity contribution in [2.45, 2.75) is 11.6 Å². The maximum absolute atomic E-state index is 12.6. The van der Waals surface area contributed by atoms with Crippen molar-refractivity contribution in [1.29, 1.82) is 0 Å². The largest absolute Gasteiger partial charge is 0.451 e. The van der Waals surface area contributed by atoms with E-state index in [1.165, 1.54) is 0 Å². The Bertz CT molecular complexity index is 792. The van der Waals surface area contributed by atoms with Crippen LogP contribution in [0, 0.1) is 0 Å². The number of hydrogen-bond acceptors (Lipinski definition) is 5. The first kappa shape index (κ1) is 16.1. The maximum Gasteiger partial charge on any atom is 0.289 e. The Hall–Kier alpha value is -2.38. The average molecular weight is 343 g/mol. The number of furan rings is 1. The number of amides is 2. The number of nitrogens with one attached hydrogen (secondary N) is 1. The molecule has 2 saturated heterocycles. The average Bonchev–Trinajstić information content (AvgIpc) is 3.02. The number of hydrogen-bond donors (Lipinski definition) is 1. The van der Waals surface area contributed by atoms with Crippen LogP contribution in [-0.2, 0) is 9.53 Å². The van der Waals surface area contributed by atoms with Crippen LogP contribution in [0.1, 0.15) is 10.6 Å². The molecule has 2 aromatic rings. The molecule has 0 unspecified atom stereocenters. The minimum atomic E-state index is -0.388. The molecule has 0 radical (unpaired) electrons. The number of morpholine rings is 1. The van der Waals surface area contributed by atoms with Crippen LogP contribution in [0.3, 0.4) is 0 Å². The van der Waals surface area contributed by atoms with Crippen LogP contribution in [0.25, 0.3) is 11.0 Å². The molecular weight excluding hydrogens is 322 g/mol. The summed E-state index contributed by atoms with van der Waals surface area (Å²) in [5.41, 5.74) is 0.323. The zero-order valence-corrected chi connectivity index (χ0v) is 14.3. The summed E-state index contributed by atoms with van der Waals surface area (Å²) in [7, 11) is 3.53. The molecule has 1 aromatic heterocycles. The molecule has 0 aliphatic carbocycles. The third-order valence-corrected chi connectivity index (χ3v) is 5.05. The smallest absolute Gasteiger partial charge is 0.289 e. The van der Waals surface area contributed by atoms with Crippen LogP contribution in [-0.4, -0.2) is 73.6 Å². The van der Waals surface area contributed by atoms with E-state index in [-0.39, 0.29) is 23.5 Å². The highest BCUT2D eigenvalue weighted by Crippen LogP contribution is 2.32. The fourth-order valence-electron chi connectivity index (χ4n) is 3.66. The monoisotopic (exact) mass is 343 g/mol. The lowest BCUT2D eigenvalue weighted by Crippen LogP contribution is -2.73. The summed E-state index contributed by atoms with van der Waals surface area (Å²) in [6, 6.07) is 9.06. The number of carbonyl (C=O) groups excluding carboxylic acids is 2. The van der Waals surface area contributed by atoms with Gasteiger partial charge in [0.15, 0.2) is 5.76 Å². The number of carbonyl (C=O) groups is 2. The van der Waals surface area contributed by atoms with E-state index >= 15 is 0 Å². The highest BCUT2D eigenvalue weighted by Gasteiger charge is 2.51. The highest BCUT2D eigenvalue weighted by atomic mass is 16.5. The standard InChI is InChI=1S/C18H21N3O4/c1-19-16(22)13-8-24-18(9-20(13)2)10-21(11-18)17(23)15-7-12-5-3-4-6-14(12)25-15/h3-7,13H,8-11H2,1-2H3,(H,19,22)/t13-/m1/s1. The van der Waals surface area contributed by atoms with Crippen molar-refractivity contribution in [3.63, 3.8) is 0 Å². The number of rotatable bonds is 2. The van der Waals surface area contributed by atoms with E-state index in [0.717, 1.165) is 5.39 Å². The van der Waals surface area contributed by atoms with Crippen LogP contribution in [0.15, 0.2) is 34.7 Å². The van der Waals surface area contributed by atoms with Gasteiger partial charge in [-0.05, 0) is 19.2 Å². The first-order valence-electron chi connectivity index (χ1n) is 8.35. The van der Waals surface area contributed by atoms with Gasteiger partial charge >= 0.3 is 0 Å². The summed E-state index contributed by atoms with van der Waals surface area (Å²) in [5.74, 6) is 0.178. The number of para-hydroxylation sites is 1. The SMILES string of the molecule is CNC(=O)[C@H]1COC2(CN(C(=O)c3cc4ccccc4o3)C2)CN1C. The molecule has 1 aromatic carbocycles. The Kier molecular flexibility index (Phi) is 3.77. The van der Waals surface area contributed by atoms with Crippen molar-refractivity contribution >= 4 is 22.8 Å². The van der Waals surface area contributed by atoms with Crippen LogP contribution in [0.4, 0.5) is 0 Å². The van der Waals surface area contributed by atoms with Crippen molar-refractivity contribution in [1.82, 2.24) is 15.1 Å². The Labute approximate surface area is 145 Å². The van der Waals surface area contributed by atoms with E-state index in [2.05, 4.69) is 5.32 Å². The van der Waals surface area contributed by atoms with Gasteiger partial charge in [0, 0.05) is 19.0 Å². The van der Waals surface area contributed by atoms with Gasteiger partial charge in [-0.1, -0.05) is 18.2 Å². The van der Waals surface area contributed by atoms with Crippen molar-refractivity contribution in [2.75, 3.05) is 40.3 Å². The van der Waals surface area contributed by atoms with Gasteiger partial charge in [0.05, 0.1) is 19.7 Å². The number of likely N-dealkylation sites (N-methyl/N-ethyl adjacent to an activating group) is 2. The summed E-state index contributed by atoms with van der Waals surface area (Å²) >= 11 is 0. The van der Waals surface area contributed by atoms with Gasteiger partial charge in [0.25, 0.3) is 5.91 Å². The molecule has 2 aliphatic heterocycles. The van der Waals surface area contributed by atoms with E-state index in [1.807, 2.05) is 36.2 Å². The first-order valence-corrected chi connectivity index (χ1v) is 8.35. The minimum absolute atomic E-state index is 0.0492. The summed E-state index contributed by atoms with van der Waals surface area (Å²) in [6.07, 6.45) is 0. The zero-order chi connectivity index (χ0) is 17.6. The summed E-state index contributed by atoms with van der Waals surface area (Å²) in [5, 5.41) is 3.57. The maximum atomic E-state index is 12.6. The fraction of sp³-hybridized carbons (Fsp3) is 0.444. The minimum Gasteiger partial charge on any atom is -0.451 e. The molecule has 7 nitrogen and oxygen atoms in total. The summed E-state index contributed by atoms with van der Waals surface area (Å²) < 4.78 is 11.6. The van der Waals surface area contributed by atoms with Crippen molar-refractivity contribution in [3.8, 4) is 0 Å². The van der Waals surface area contributed by atoms with Gasteiger partial charge in [-0.15, -0.1) is 0 Å². The lowest BCUT2D eigenvalue weighted by atomic mass is 9.90. The van der Waals surface area contributed by atoms with Crippen LogP contribution in [0.2, 0.25) is 0 Å². The molecule has 3 heterocycles. The van der Waals surface area contributed by atoms with E-state index < -0.39 is 0 Å². The molecule has 25 heavy (non-hydrogen) atoms. The second kappa shape index (κ2) is 5.86. The topological polar surface area (TPSA) is 75.0 Å². The molecule has 0 saturated carbocycles. The number of ether oxygens (including phenoxy) is 1. The molecule has 2 fully saturated rings. The van der Waals surface area contributed by atoms with Gasteiger partial charge in [0.2, 0.25) is 5.91 Å². The van der Waals surface area contributed by atoms with Crippen LogP contribution in [0.5, 0.6) is 0 Å². The molecule has 1 spiro atoms. The quantitative estimate of drug-likeness (QED) is 0.869. The Morgan fingerprint density at radius 2 is 2.00 bits per heavy atom. The van der Waals surface area contributed by atoms with Crippen molar-refractivity contribution in [3.05, 3.63) is 36.1 Å². The third-order valence-electron chi connectivity index (χ3n) is 5.05. The van der Waals surface area contributed by atoms with Gasteiger partial charge < -0.3 is 19.4 Å². The molecule has 2 aliphatic rings. The number of likely N-dealkylation sites (tertiary alicyclic amines) is 1. The predicted octanol–water partition coefficient (Wildman–Crippen LogP) is 0.704.